The minimum atomic E-state index is 0.581. The number of hydrogen-bond donors (Lipinski definition) is 1. The zero-order valence-electron chi connectivity index (χ0n) is 10.6. The summed E-state index contributed by atoms with van der Waals surface area (Å²) in [6.07, 6.45) is 1.73. The molecule has 0 aliphatic heterocycles. The van der Waals surface area contributed by atoms with Gasteiger partial charge in [-0.2, -0.15) is 9.78 Å². The molecule has 0 aliphatic rings. The van der Waals surface area contributed by atoms with Crippen LogP contribution in [0.4, 0.5) is 5.82 Å². The van der Waals surface area contributed by atoms with Crippen LogP contribution in [0.3, 0.4) is 0 Å². The molecule has 0 spiro atoms. The predicted octanol–water partition coefficient (Wildman–Crippen LogP) is 2.82. The molecule has 3 aromatic rings. The molecule has 1 aromatic carbocycles. The van der Waals surface area contributed by atoms with Crippen molar-refractivity contribution in [1.29, 1.82) is 0 Å². The van der Waals surface area contributed by atoms with Crippen LogP contribution in [0.1, 0.15) is 5.56 Å². The van der Waals surface area contributed by atoms with Crippen molar-refractivity contribution < 1.29 is 0 Å². The quantitative estimate of drug-likeness (QED) is 0.760. The number of hydrogen-bond acceptors (Lipinski definition) is 3. The van der Waals surface area contributed by atoms with E-state index in [-0.39, 0.29) is 0 Å². The van der Waals surface area contributed by atoms with E-state index in [2.05, 4.69) is 23.1 Å². The summed E-state index contributed by atoms with van der Waals surface area (Å²) in [5.41, 5.74) is 9.14. The first-order valence-corrected chi connectivity index (χ1v) is 6.08. The van der Waals surface area contributed by atoms with Gasteiger partial charge in [0.2, 0.25) is 0 Å². The van der Waals surface area contributed by atoms with Gasteiger partial charge in [0, 0.05) is 17.8 Å². The van der Waals surface area contributed by atoms with Crippen LogP contribution in [0.2, 0.25) is 0 Å². The second-order valence-corrected chi connectivity index (χ2v) is 4.37. The Bertz CT molecular complexity index is 701. The fraction of sp³-hybridized carbons (Fsp3) is 0.0667. The molecule has 2 N–H and O–H groups in total. The molecule has 4 heteroatoms. The van der Waals surface area contributed by atoms with Gasteiger partial charge in [0.1, 0.15) is 5.82 Å². The highest BCUT2D eigenvalue weighted by Gasteiger charge is 2.10. The first kappa shape index (κ1) is 11.5. The Hall–Kier alpha value is -2.62. The second-order valence-electron chi connectivity index (χ2n) is 4.37. The average molecular weight is 250 g/mol. The summed E-state index contributed by atoms with van der Waals surface area (Å²) in [7, 11) is 0. The topological polar surface area (TPSA) is 56.7 Å². The summed E-state index contributed by atoms with van der Waals surface area (Å²) in [5.74, 6) is 1.30. The summed E-state index contributed by atoms with van der Waals surface area (Å²) in [6.45, 7) is 2.06. The number of nitrogens with two attached hydrogens (primary N) is 1. The van der Waals surface area contributed by atoms with Crippen LogP contribution in [-0.4, -0.2) is 14.8 Å². The first-order valence-electron chi connectivity index (χ1n) is 6.08. The van der Waals surface area contributed by atoms with Gasteiger partial charge in [-0.25, -0.2) is 4.98 Å². The largest absolute Gasteiger partial charge is 0.384 e. The Labute approximate surface area is 111 Å². The van der Waals surface area contributed by atoms with Crippen LogP contribution in [0, 0.1) is 6.92 Å². The molecule has 0 saturated carbocycles. The Morgan fingerprint density at radius 1 is 1.05 bits per heavy atom. The number of anilines is 1. The molecule has 19 heavy (non-hydrogen) atoms. The molecule has 0 bridgehead atoms. The second kappa shape index (κ2) is 4.57. The Balaban J connectivity index is 2.10. The van der Waals surface area contributed by atoms with Gasteiger partial charge < -0.3 is 5.73 Å². The number of aryl methyl sites for hydroxylation is 1. The highest BCUT2D eigenvalue weighted by molar-refractivity contribution is 5.66. The van der Waals surface area contributed by atoms with Gasteiger partial charge in [0.05, 0.1) is 5.69 Å². The minimum Gasteiger partial charge on any atom is -0.384 e. The molecule has 0 radical (unpaired) electrons. The molecule has 2 heterocycles. The molecule has 4 nitrogen and oxygen atoms in total. The van der Waals surface area contributed by atoms with Gasteiger partial charge in [-0.05, 0) is 24.6 Å². The fourth-order valence-corrected chi connectivity index (χ4v) is 2.05. The number of rotatable bonds is 2. The lowest BCUT2D eigenvalue weighted by Gasteiger charge is -2.02. The zero-order valence-corrected chi connectivity index (χ0v) is 10.6. The van der Waals surface area contributed by atoms with Crippen LogP contribution in [-0.2, 0) is 0 Å². The van der Waals surface area contributed by atoms with E-state index in [1.807, 2.05) is 42.5 Å². The summed E-state index contributed by atoms with van der Waals surface area (Å²) in [5, 5.41) is 4.54. The number of aromatic nitrogens is 3. The van der Waals surface area contributed by atoms with E-state index in [9.17, 15) is 0 Å². The lowest BCUT2D eigenvalue weighted by Crippen LogP contribution is -2.03. The Kier molecular flexibility index (Phi) is 2.76. The van der Waals surface area contributed by atoms with Crippen molar-refractivity contribution in [3.05, 3.63) is 60.3 Å². The number of nitrogen functional groups attached to an aromatic ring is 1. The van der Waals surface area contributed by atoms with E-state index in [1.54, 1.807) is 10.9 Å². The van der Waals surface area contributed by atoms with Crippen molar-refractivity contribution in [3.8, 4) is 17.1 Å². The van der Waals surface area contributed by atoms with Gasteiger partial charge in [-0.1, -0.05) is 30.3 Å². The van der Waals surface area contributed by atoms with Crippen molar-refractivity contribution >= 4 is 5.82 Å². The van der Waals surface area contributed by atoms with Crippen molar-refractivity contribution in [1.82, 2.24) is 14.8 Å². The van der Waals surface area contributed by atoms with Gasteiger partial charge in [-0.3, -0.25) is 0 Å². The van der Waals surface area contributed by atoms with Gasteiger partial charge in [0.25, 0.3) is 0 Å². The summed E-state index contributed by atoms with van der Waals surface area (Å²) in [6, 6.07) is 15.6. The molecular weight excluding hydrogens is 236 g/mol. The summed E-state index contributed by atoms with van der Waals surface area (Å²) >= 11 is 0. The lowest BCUT2D eigenvalue weighted by atomic mass is 10.1. The smallest absolute Gasteiger partial charge is 0.155 e. The average Bonchev–Trinajstić information content (AvgIpc) is 2.82. The van der Waals surface area contributed by atoms with Gasteiger partial charge in [0.15, 0.2) is 5.82 Å². The molecule has 0 fully saturated rings. The zero-order chi connectivity index (χ0) is 13.2. The normalized spacial score (nSPS) is 10.6. The fourth-order valence-electron chi connectivity index (χ4n) is 2.05. The third-order valence-corrected chi connectivity index (χ3v) is 3.02. The van der Waals surface area contributed by atoms with Crippen molar-refractivity contribution in [2.24, 2.45) is 0 Å². The minimum absolute atomic E-state index is 0.581. The van der Waals surface area contributed by atoms with Crippen molar-refractivity contribution in [2.75, 3.05) is 5.73 Å². The molecule has 0 amide bonds. The van der Waals surface area contributed by atoms with E-state index in [1.165, 1.54) is 5.56 Å². The van der Waals surface area contributed by atoms with Gasteiger partial charge >= 0.3 is 0 Å². The third kappa shape index (κ3) is 2.08. The van der Waals surface area contributed by atoms with Crippen molar-refractivity contribution in [3.63, 3.8) is 0 Å². The maximum Gasteiger partial charge on any atom is 0.155 e. The Morgan fingerprint density at radius 3 is 2.58 bits per heavy atom. The lowest BCUT2D eigenvalue weighted by molar-refractivity contribution is 0.860. The van der Waals surface area contributed by atoms with E-state index >= 15 is 0 Å². The molecule has 0 aliphatic carbocycles. The van der Waals surface area contributed by atoms with Crippen LogP contribution in [0.15, 0.2) is 54.7 Å². The van der Waals surface area contributed by atoms with Crippen LogP contribution in [0.25, 0.3) is 17.1 Å². The number of nitrogens with zero attached hydrogens (tertiary/aromatic N) is 3. The number of benzene rings is 1. The third-order valence-electron chi connectivity index (χ3n) is 3.02. The standard InChI is InChI=1S/C15H14N4/c1-11-6-2-3-7-12(11)13-10-14(16)19(18-13)15-8-4-5-9-17-15/h2-10H,16H2,1H3. The number of pyridine rings is 1. The van der Waals surface area contributed by atoms with Crippen LogP contribution < -0.4 is 5.73 Å². The first-order chi connectivity index (χ1) is 9.25. The van der Waals surface area contributed by atoms with Crippen molar-refractivity contribution in [2.45, 2.75) is 6.92 Å². The summed E-state index contributed by atoms with van der Waals surface area (Å²) in [4.78, 5) is 4.26. The van der Waals surface area contributed by atoms with E-state index in [0.29, 0.717) is 5.82 Å². The van der Waals surface area contributed by atoms with Crippen LogP contribution in [0.5, 0.6) is 0 Å². The van der Waals surface area contributed by atoms with E-state index in [0.717, 1.165) is 17.1 Å². The monoisotopic (exact) mass is 250 g/mol. The SMILES string of the molecule is Cc1ccccc1-c1cc(N)n(-c2ccccn2)n1. The molecule has 2 aromatic heterocycles. The van der Waals surface area contributed by atoms with E-state index in [4.69, 9.17) is 5.73 Å². The highest BCUT2D eigenvalue weighted by atomic mass is 15.3. The predicted molar refractivity (Wildman–Crippen MR) is 75.9 cm³/mol. The molecule has 94 valence electrons. The maximum absolute atomic E-state index is 6.02. The van der Waals surface area contributed by atoms with Crippen LogP contribution >= 0.6 is 0 Å². The summed E-state index contributed by atoms with van der Waals surface area (Å²) < 4.78 is 1.65. The Morgan fingerprint density at radius 2 is 1.84 bits per heavy atom. The molecule has 0 saturated heterocycles. The maximum atomic E-state index is 6.02. The van der Waals surface area contributed by atoms with E-state index < -0.39 is 0 Å². The molecule has 3 rings (SSSR count). The molecule has 0 unspecified atom stereocenters. The molecular formula is C15H14N4. The highest BCUT2D eigenvalue weighted by Crippen LogP contribution is 2.24. The van der Waals surface area contributed by atoms with Gasteiger partial charge in [-0.15, -0.1) is 0 Å². The molecule has 0 atom stereocenters.